The number of nitrogens with one attached hydrogen (secondary N) is 1. The van der Waals surface area contributed by atoms with Crippen LogP contribution in [0, 0.1) is 18.6 Å². The van der Waals surface area contributed by atoms with Crippen molar-refractivity contribution in [2.45, 2.75) is 6.92 Å². The maximum absolute atomic E-state index is 13.4. The molecule has 90 valence electrons. The van der Waals surface area contributed by atoms with Crippen molar-refractivity contribution >= 4 is 17.6 Å². The average molecular weight is 241 g/mol. The van der Waals surface area contributed by atoms with E-state index in [-0.39, 0.29) is 5.56 Å². The van der Waals surface area contributed by atoms with Crippen molar-refractivity contribution in [3.8, 4) is 0 Å². The standard InChI is InChI=1S/C11H9F2NO3/c1-6-2-3-7(12)11(10(6)13)14-8(15)4-5-9(16)17/h2-5H,1H3,(H,14,15)(H,16,17)/b5-4+. The Morgan fingerprint density at radius 1 is 1.29 bits per heavy atom. The van der Waals surface area contributed by atoms with Crippen LogP contribution in [-0.2, 0) is 9.59 Å². The van der Waals surface area contributed by atoms with Crippen LogP contribution in [0.15, 0.2) is 24.3 Å². The number of carbonyl (C=O) groups excluding carboxylic acids is 1. The van der Waals surface area contributed by atoms with Gasteiger partial charge in [0.1, 0.15) is 11.5 Å². The number of anilines is 1. The summed E-state index contributed by atoms with van der Waals surface area (Å²) in [5.41, 5.74) is -0.422. The SMILES string of the molecule is Cc1ccc(F)c(NC(=O)/C=C/C(=O)O)c1F. The van der Waals surface area contributed by atoms with Gasteiger partial charge in [0.25, 0.3) is 0 Å². The third-order valence-corrected chi connectivity index (χ3v) is 1.91. The first-order valence-electron chi connectivity index (χ1n) is 4.58. The smallest absolute Gasteiger partial charge is 0.328 e. The first-order chi connectivity index (χ1) is 7.91. The Labute approximate surface area is 95.6 Å². The first kappa shape index (κ1) is 12.8. The first-order valence-corrected chi connectivity index (χ1v) is 4.58. The highest BCUT2D eigenvalue weighted by Gasteiger charge is 2.12. The fourth-order valence-electron chi connectivity index (χ4n) is 1.08. The summed E-state index contributed by atoms with van der Waals surface area (Å²) in [5.74, 6) is -4.06. The molecular weight excluding hydrogens is 232 g/mol. The molecule has 0 unspecified atom stereocenters. The predicted molar refractivity (Wildman–Crippen MR) is 56.5 cm³/mol. The molecule has 0 aliphatic carbocycles. The maximum Gasteiger partial charge on any atom is 0.328 e. The van der Waals surface area contributed by atoms with Gasteiger partial charge in [-0.05, 0) is 18.6 Å². The molecule has 0 atom stereocenters. The van der Waals surface area contributed by atoms with Crippen molar-refractivity contribution < 1.29 is 23.5 Å². The van der Waals surface area contributed by atoms with E-state index in [0.717, 1.165) is 6.07 Å². The number of aliphatic carboxylic acids is 1. The number of carboxylic acids is 1. The molecule has 1 amide bonds. The summed E-state index contributed by atoms with van der Waals surface area (Å²) >= 11 is 0. The van der Waals surface area contributed by atoms with E-state index in [2.05, 4.69) is 0 Å². The second-order valence-corrected chi connectivity index (χ2v) is 3.21. The van der Waals surface area contributed by atoms with E-state index in [0.29, 0.717) is 12.2 Å². The molecule has 17 heavy (non-hydrogen) atoms. The van der Waals surface area contributed by atoms with Crippen LogP contribution in [0.5, 0.6) is 0 Å². The highest BCUT2D eigenvalue weighted by atomic mass is 19.1. The van der Waals surface area contributed by atoms with Gasteiger partial charge in [-0.15, -0.1) is 0 Å². The highest BCUT2D eigenvalue weighted by molar-refractivity contribution is 6.02. The molecule has 0 aliphatic heterocycles. The second-order valence-electron chi connectivity index (χ2n) is 3.21. The molecule has 4 nitrogen and oxygen atoms in total. The van der Waals surface area contributed by atoms with Crippen molar-refractivity contribution in [1.82, 2.24) is 0 Å². The van der Waals surface area contributed by atoms with Gasteiger partial charge in [0.05, 0.1) is 0 Å². The fraction of sp³-hybridized carbons (Fsp3) is 0.0909. The average Bonchev–Trinajstić information content (AvgIpc) is 2.27. The monoisotopic (exact) mass is 241 g/mol. The van der Waals surface area contributed by atoms with E-state index < -0.39 is 29.2 Å². The lowest BCUT2D eigenvalue weighted by Gasteiger charge is -2.07. The predicted octanol–water partition coefficient (Wildman–Crippen LogP) is 1.85. The van der Waals surface area contributed by atoms with Gasteiger partial charge in [0, 0.05) is 12.2 Å². The molecule has 1 rings (SSSR count). The van der Waals surface area contributed by atoms with Crippen LogP contribution >= 0.6 is 0 Å². The quantitative estimate of drug-likeness (QED) is 0.793. The number of aryl methyl sites for hydroxylation is 1. The summed E-state index contributed by atoms with van der Waals surface area (Å²) < 4.78 is 26.6. The summed E-state index contributed by atoms with van der Waals surface area (Å²) in [4.78, 5) is 21.3. The molecule has 0 radical (unpaired) electrons. The third-order valence-electron chi connectivity index (χ3n) is 1.91. The Bertz CT molecular complexity index is 498. The van der Waals surface area contributed by atoms with Gasteiger partial charge < -0.3 is 10.4 Å². The van der Waals surface area contributed by atoms with Gasteiger partial charge in [0.15, 0.2) is 5.82 Å². The zero-order valence-electron chi connectivity index (χ0n) is 8.83. The molecule has 0 spiro atoms. The van der Waals surface area contributed by atoms with Crippen LogP contribution in [0.2, 0.25) is 0 Å². The number of amides is 1. The molecule has 0 bridgehead atoms. The van der Waals surface area contributed by atoms with Crippen LogP contribution in [0.4, 0.5) is 14.5 Å². The molecule has 0 saturated heterocycles. The summed E-state index contributed by atoms with van der Waals surface area (Å²) in [7, 11) is 0. The Morgan fingerprint density at radius 2 is 1.94 bits per heavy atom. The summed E-state index contributed by atoms with van der Waals surface area (Å²) in [6.07, 6.45) is 1.24. The molecule has 0 fully saturated rings. The lowest BCUT2D eigenvalue weighted by Crippen LogP contribution is -2.12. The highest BCUT2D eigenvalue weighted by Crippen LogP contribution is 2.21. The molecule has 1 aromatic carbocycles. The summed E-state index contributed by atoms with van der Waals surface area (Å²) in [6, 6.07) is 2.24. The minimum atomic E-state index is -1.33. The number of hydrogen-bond acceptors (Lipinski definition) is 2. The van der Waals surface area contributed by atoms with Crippen molar-refractivity contribution in [3.05, 3.63) is 41.5 Å². The van der Waals surface area contributed by atoms with Gasteiger partial charge >= 0.3 is 5.97 Å². The fourth-order valence-corrected chi connectivity index (χ4v) is 1.08. The third kappa shape index (κ3) is 3.37. The van der Waals surface area contributed by atoms with E-state index in [1.807, 2.05) is 5.32 Å². The Hall–Kier alpha value is -2.24. The van der Waals surface area contributed by atoms with E-state index in [1.54, 1.807) is 0 Å². The zero-order valence-corrected chi connectivity index (χ0v) is 8.83. The number of carboxylic acid groups (broad SMARTS) is 1. The number of hydrogen-bond donors (Lipinski definition) is 2. The van der Waals surface area contributed by atoms with Gasteiger partial charge in [-0.2, -0.15) is 0 Å². The molecule has 0 aromatic heterocycles. The Morgan fingerprint density at radius 3 is 2.53 bits per heavy atom. The lowest BCUT2D eigenvalue weighted by atomic mass is 10.2. The molecule has 1 aromatic rings. The number of benzene rings is 1. The van der Waals surface area contributed by atoms with Crippen LogP contribution in [0.1, 0.15) is 5.56 Å². The molecule has 0 heterocycles. The summed E-state index contributed by atoms with van der Waals surface area (Å²) in [6.45, 7) is 1.41. The number of halogens is 2. The maximum atomic E-state index is 13.4. The molecule has 0 saturated carbocycles. The number of carbonyl (C=O) groups is 2. The summed E-state index contributed by atoms with van der Waals surface area (Å²) in [5, 5.41) is 10.2. The van der Waals surface area contributed by atoms with E-state index in [1.165, 1.54) is 13.0 Å². The van der Waals surface area contributed by atoms with Gasteiger partial charge in [-0.1, -0.05) is 6.07 Å². The normalized spacial score (nSPS) is 10.5. The molecule has 2 N–H and O–H groups in total. The lowest BCUT2D eigenvalue weighted by molar-refractivity contribution is -0.131. The van der Waals surface area contributed by atoms with Gasteiger partial charge in [0.2, 0.25) is 5.91 Å². The molecule has 6 heteroatoms. The Kier molecular flexibility index (Phi) is 3.92. The van der Waals surface area contributed by atoms with Crippen molar-refractivity contribution in [2.75, 3.05) is 5.32 Å². The van der Waals surface area contributed by atoms with Crippen molar-refractivity contribution in [3.63, 3.8) is 0 Å². The Balaban J connectivity index is 2.92. The van der Waals surface area contributed by atoms with Gasteiger partial charge in [-0.25, -0.2) is 13.6 Å². The molecule has 0 aliphatic rings. The van der Waals surface area contributed by atoms with Crippen LogP contribution < -0.4 is 5.32 Å². The van der Waals surface area contributed by atoms with Crippen molar-refractivity contribution in [2.24, 2.45) is 0 Å². The van der Waals surface area contributed by atoms with E-state index >= 15 is 0 Å². The molecular formula is C11H9F2NO3. The van der Waals surface area contributed by atoms with Crippen LogP contribution in [0.3, 0.4) is 0 Å². The number of rotatable bonds is 3. The van der Waals surface area contributed by atoms with Gasteiger partial charge in [-0.3, -0.25) is 4.79 Å². The second kappa shape index (κ2) is 5.20. The van der Waals surface area contributed by atoms with Crippen molar-refractivity contribution in [1.29, 1.82) is 0 Å². The van der Waals surface area contributed by atoms with Crippen LogP contribution in [0.25, 0.3) is 0 Å². The van der Waals surface area contributed by atoms with E-state index in [9.17, 15) is 18.4 Å². The van der Waals surface area contributed by atoms with Crippen LogP contribution in [-0.4, -0.2) is 17.0 Å². The zero-order chi connectivity index (χ0) is 13.0. The largest absolute Gasteiger partial charge is 0.478 e. The minimum Gasteiger partial charge on any atom is -0.478 e. The minimum absolute atomic E-state index is 0.170. The van der Waals surface area contributed by atoms with E-state index in [4.69, 9.17) is 5.11 Å². The topological polar surface area (TPSA) is 66.4 Å².